The minimum Gasteiger partial charge on any atom is -0.223 e. The van der Waals surface area contributed by atoms with Crippen LogP contribution >= 0.6 is 23.4 Å². The fourth-order valence-electron chi connectivity index (χ4n) is 1.19. The molecule has 1 aromatic heterocycles. The maximum atomic E-state index is 5.69. The third kappa shape index (κ3) is 1.23. The lowest BCUT2D eigenvalue weighted by Gasteiger charge is -2.00. The van der Waals surface area contributed by atoms with Crippen LogP contribution in [0.25, 0.3) is 0 Å². The molecular formula is C7H7ClN2S. The van der Waals surface area contributed by atoms with E-state index in [1.54, 1.807) is 11.8 Å². The second kappa shape index (κ2) is 2.64. The maximum Gasteiger partial charge on any atom is 0.223 e. The van der Waals surface area contributed by atoms with Gasteiger partial charge in [-0.1, -0.05) is 0 Å². The van der Waals surface area contributed by atoms with E-state index >= 15 is 0 Å². The quantitative estimate of drug-likeness (QED) is 0.459. The highest BCUT2D eigenvalue weighted by atomic mass is 35.5. The van der Waals surface area contributed by atoms with Gasteiger partial charge in [0.05, 0.1) is 0 Å². The van der Waals surface area contributed by atoms with Crippen molar-refractivity contribution in [2.24, 2.45) is 0 Å². The molecule has 0 radical (unpaired) electrons. The summed E-state index contributed by atoms with van der Waals surface area (Å²) in [5, 5.41) is 1.44. The van der Waals surface area contributed by atoms with Crippen molar-refractivity contribution in [2.75, 3.05) is 5.75 Å². The lowest BCUT2D eigenvalue weighted by atomic mass is 10.2. The second-order valence-corrected chi connectivity index (χ2v) is 3.88. The van der Waals surface area contributed by atoms with Crippen molar-refractivity contribution in [1.82, 2.24) is 9.97 Å². The fourth-order valence-corrected chi connectivity index (χ4v) is 2.53. The van der Waals surface area contributed by atoms with E-state index in [4.69, 9.17) is 11.6 Å². The molecular weight excluding hydrogens is 180 g/mol. The van der Waals surface area contributed by atoms with Gasteiger partial charge in [-0.2, -0.15) is 0 Å². The second-order valence-electron chi connectivity index (χ2n) is 2.46. The average Bonchev–Trinajstić information content (AvgIpc) is 2.34. The number of aromatic nitrogens is 2. The predicted octanol–water partition coefficient (Wildman–Crippen LogP) is 2.09. The molecule has 0 unspecified atom stereocenters. The zero-order valence-corrected chi connectivity index (χ0v) is 7.67. The Hall–Kier alpha value is -0.280. The molecule has 0 bridgehead atoms. The van der Waals surface area contributed by atoms with E-state index in [1.807, 2.05) is 6.92 Å². The third-order valence-corrected chi connectivity index (χ3v) is 2.93. The summed E-state index contributed by atoms with van der Waals surface area (Å²) < 4.78 is 0. The summed E-state index contributed by atoms with van der Waals surface area (Å²) in [5.74, 6) is 1.12. The van der Waals surface area contributed by atoms with Gasteiger partial charge in [0.25, 0.3) is 0 Å². The van der Waals surface area contributed by atoms with E-state index in [0.29, 0.717) is 5.28 Å². The zero-order chi connectivity index (χ0) is 7.84. The van der Waals surface area contributed by atoms with Crippen LogP contribution in [0.2, 0.25) is 5.28 Å². The fraction of sp³-hybridized carbons (Fsp3) is 0.429. The van der Waals surface area contributed by atoms with Gasteiger partial charge in [0.2, 0.25) is 5.28 Å². The number of nitrogens with zero attached hydrogens (tertiary/aromatic N) is 2. The first-order valence-corrected chi connectivity index (χ1v) is 4.79. The molecule has 0 spiro atoms. The molecule has 0 saturated carbocycles. The number of aryl methyl sites for hydroxylation is 1. The summed E-state index contributed by atoms with van der Waals surface area (Å²) in [6.45, 7) is 1.98. The van der Waals surface area contributed by atoms with Gasteiger partial charge in [-0.3, -0.25) is 0 Å². The summed E-state index contributed by atoms with van der Waals surface area (Å²) >= 11 is 7.45. The number of rotatable bonds is 0. The van der Waals surface area contributed by atoms with Crippen LogP contribution in [-0.4, -0.2) is 15.7 Å². The molecule has 0 aliphatic carbocycles. The summed E-state index contributed by atoms with van der Waals surface area (Å²) in [6, 6.07) is 0. The highest BCUT2D eigenvalue weighted by molar-refractivity contribution is 7.99. The molecule has 1 aliphatic rings. The SMILES string of the molecule is Cc1nc(Cl)nc2c1CCS2. The van der Waals surface area contributed by atoms with Gasteiger partial charge in [0.1, 0.15) is 5.03 Å². The Morgan fingerprint density at radius 1 is 1.45 bits per heavy atom. The average molecular weight is 187 g/mol. The molecule has 1 aliphatic heterocycles. The van der Waals surface area contributed by atoms with Crippen molar-refractivity contribution in [3.05, 3.63) is 16.5 Å². The first-order chi connectivity index (χ1) is 5.27. The van der Waals surface area contributed by atoms with Crippen molar-refractivity contribution in [3.63, 3.8) is 0 Å². The summed E-state index contributed by atoms with van der Waals surface area (Å²) in [4.78, 5) is 8.22. The van der Waals surface area contributed by atoms with Crippen LogP contribution in [0, 0.1) is 6.92 Å². The molecule has 0 aromatic carbocycles. The number of hydrogen-bond donors (Lipinski definition) is 0. The van der Waals surface area contributed by atoms with E-state index < -0.39 is 0 Å². The minimum absolute atomic E-state index is 0.371. The minimum atomic E-state index is 0.371. The number of hydrogen-bond acceptors (Lipinski definition) is 3. The Morgan fingerprint density at radius 2 is 2.27 bits per heavy atom. The zero-order valence-electron chi connectivity index (χ0n) is 6.09. The van der Waals surface area contributed by atoms with E-state index in [0.717, 1.165) is 22.9 Å². The van der Waals surface area contributed by atoms with Gasteiger partial charge < -0.3 is 0 Å². The van der Waals surface area contributed by atoms with E-state index in [9.17, 15) is 0 Å². The molecule has 2 nitrogen and oxygen atoms in total. The number of fused-ring (bicyclic) bond motifs is 1. The Kier molecular flexibility index (Phi) is 1.77. The first-order valence-electron chi connectivity index (χ1n) is 3.43. The third-order valence-electron chi connectivity index (χ3n) is 1.74. The summed E-state index contributed by atoms with van der Waals surface area (Å²) in [6.07, 6.45) is 1.09. The molecule has 0 saturated heterocycles. The van der Waals surface area contributed by atoms with E-state index in [2.05, 4.69) is 9.97 Å². The first kappa shape index (κ1) is 7.37. The molecule has 4 heteroatoms. The molecule has 11 heavy (non-hydrogen) atoms. The predicted molar refractivity (Wildman–Crippen MR) is 46.2 cm³/mol. The van der Waals surface area contributed by atoms with Crippen LogP contribution in [-0.2, 0) is 6.42 Å². The molecule has 0 amide bonds. The van der Waals surface area contributed by atoms with Crippen molar-refractivity contribution in [3.8, 4) is 0 Å². The summed E-state index contributed by atoms with van der Waals surface area (Å²) in [5.41, 5.74) is 2.31. The molecule has 0 fully saturated rings. The maximum absolute atomic E-state index is 5.69. The number of thioether (sulfide) groups is 1. The van der Waals surface area contributed by atoms with Gasteiger partial charge in [0, 0.05) is 17.0 Å². The van der Waals surface area contributed by atoms with Crippen molar-refractivity contribution >= 4 is 23.4 Å². The van der Waals surface area contributed by atoms with Gasteiger partial charge >= 0.3 is 0 Å². The van der Waals surface area contributed by atoms with Crippen LogP contribution in [0.4, 0.5) is 0 Å². The highest BCUT2D eigenvalue weighted by Gasteiger charge is 2.16. The van der Waals surface area contributed by atoms with Gasteiger partial charge in [-0.25, -0.2) is 9.97 Å². The van der Waals surface area contributed by atoms with E-state index in [-0.39, 0.29) is 0 Å². The van der Waals surface area contributed by atoms with Crippen molar-refractivity contribution < 1.29 is 0 Å². The van der Waals surface area contributed by atoms with E-state index in [1.165, 1.54) is 5.56 Å². The van der Waals surface area contributed by atoms with Gasteiger partial charge in [0.15, 0.2) is 0 Å². The van der Waals surface area contributed by atoms with Crippen LogP contribution in [0.1, 0.15) is 11.3 Å². The molecule has 2 rings (SSSR count). The van der Waals surface area contributed by atoms with Crippen LogP contribution in [0.15, 0.2) is 5.03 Å². The van der Waals surface area contributed by atoms with Crippen molar-refractivity contribution in [1.29, 1.82) is 0 Å². The van der Waals surface area contributed by atoms with Crippen LogP contribution in [0.3, 0.4) is 0 Å². The molecule has 0 atom stereocenters. The highest BCUT2D eigenvalue weighted by Crippen LogP contribution is 2.31. The molecule has 1 aromatic rings. The molecule has 2 heterocycles. The Labute approximate surface area is 74.4 Å². The van der Waals surface area contributed by atoms with Gasteiger partial charge in [-0.05, 0) is 24.9 Å². The lowest BCUT2D eigenvalue weighted by Crippen LogP contribution is -1.94. The largest absolute Gasteiger partial charge is 0.223 e. The van der Waals surface area contributed by atoms with Crippen LogP contribution in [0.5, 0.6) is 0 Å². The normalized spacial score (nSPS) is 15.1. The summed E-state index contributed by atoms with van der Waals surface area (Å²) in [7, 11) is 0. The smallest absolute Gasteiger partial charge is 0.223 e. The number of halogens is 1. The molecule has 0 N–H and O–H groups in total. The standard InChI is InChI=1S/C7H7ClN2S/c1-4-5-2-3-11-6(5)10-7(8)9-4/h2-3H2,1H3. The monoisotopic (exact) mass is 186 g/mol. The Morgan fingerprint density at radius 3 is 3.09 bits per heavy atom. The van der Waals surface area contributed by atoms with Gasteiger partial charge in [-0.15, -0.1) is 11.8 Å². The Balaban J connectivity index is 2.60. The molecule has 58 valence electrons. The van der Waals surface area contributed by atoms with Crippen LogP contribution < -0.4 is 0 Å². The van der Waals surface area contributed by atoms with Crippen molar-refractivity contribution in [2.45, 2.75) is 18.4 Å². The topological polar surface area (TPSA) is 25.8 Å². The lowest BCUT2D eigenvalue weighted by molar-refractivity contribution is 0.942. The Bertz CT molecular complexity index is 301.